The van der Waals surface area contributed by atoms with Crippen LogP contribution >= 0.6 is 0 Å². The Morgan fingerprint density at radius 2 is 1.97 bits per heavy atom. The minimum atomic E-state index is -1.28. The molecule has 1 aliphatic heterocycles. The minimum Gasteiger partial charge on any atom is -0.371 e. The molecule has 1 amide bonds. The average Bonchev–Trinajstić information content (AvgIpc) is 3.21. The van der Waals surface area contributed by atoms with Crippen LogP contribution in [-0.2, 0) is 17.4 Å². The Bertz CT molecular complexity index is 1370. The highest BCUT2D eigenvalue weighted by molar-refractivity contribution is 5.87. The van der Waals surface area contributed by atoms with Crippen LogP contribution in [0.3, 0.4) is 0 Å². The summed E-state index contributed by atoms with van der Waals surface area (Å²) < 4.78 is 46.4. The first-order chi connectivity index (χ1) is 15.6. The fourth-order valence-corrected chi connectivity index (χ4v) is 4.51. The van der Waals surface area contributed by atoms with Crippen molar-refractivity contribution in [3.05, 3.63) is 81.7 Å². The van der Waals surface area contributed by atoms with Gasteiger partial charge in [0.25, 0.3) is 5.56 Å². The molecule has 1 aromatic heterocycles. The van der Waals surface area contributed by atoms with Crippen LogP contribution in [0.5, 0.6) is 0 Å². The zero-order chi connectivity index (χ0) is 24.1. The highest BCUT2D eigenvalue weighted by Crippen LogP contribution is 2.41. The number of aromatic nitrogens is 2. The maximum Gasteiger partial charge on any atom is 0.261 e. The van der Waals surface area contributed by atoms with Gasteiger partial charge in [-0.05, 0) is 49.6 Å². The predicted octanol–water partition coefficient (Wildman–Crippen LogP) is 3.69. The number of likely N-dealkylation sites (tertiary alicyclic amines) is 1. The largest absolute Gasteiger partial charge is 0.371 e. The van der Waals surface area contributed by atoms with Gasteiger partial charge in [0.2, 0.25) is 5.91 Å². The van der Waals surface area contributed by atoms with Crippen LogP contribution in [0.1, 0.15) is 23.1 Å². The SMILES string of the molecule is C=CC(=O)N1CC[C@@](Nc2cc3c(=O)n(C)cnc3c(F)c2F)(c2c(F)ccc(C)c2C)C1. The van der Waals surface area contributed by atoms with Crippen molar-refractivity contribution in [2.75, 3.05) is 18.4 Å². The maximum absolute atomic E-state index is 15.2. The number of nitrogens with one attached hydrogen (secondary N) is 1. The second kappa shape index (κ2) is 8.06. The highest BCUT2D eigenvalue weighted by Gasteiger charge is 2.44. The number of aryl methyl sites for hydroxylation is 2. The second-order valence-electron chi connectivity index (χ2n) is 8.39. The van der Waals surface area contributed by atoms with Gasteiger partial charge in [-0.3, -0.25) is 9.59 Å². The smallest absolute Gasteiger partial charge is 0.261 e. The summed E-state index contributed by atoms with van der Waals surface area (Å²) in [7, 11) is 1.45. The quantitative estimate of drug-likeness (QED) is 0.608. The lowest BCUT2D eigenvalue weighted by Gasteiger charge is -2.34. The number of benzene rings is 2. The molecule has 6 nitrogen and oxygen atoms in total. The summed E-state index contributed by atoms with van der Waals surface area (Å²) in [5, 5.41) is 2.86. The first-order valence-corrected chi connectivity index (χ1v) is 10.4. The van der Waals surface area contributed by atoms with Crippen LogP contribution < -0.4 is 10.9 Å². The number of nitrogens with zero attached hydrogens (tertiary/aromatic N) is 3. The first-order valence-electron chi connectivity index (χ1n) is 10.4. The van der Waals surface area contributed by atoms with Gasteiger partial charge in [-0.25, -0.2) is 18.2 Å². The number of carbonyl (C=O) groups excluding carboxylic acids is 1. The molecule has 33 heavy (non-hydrogen) atoms. The zero-order valence-electron chi connectivity index (χ0n) is 18.5. The molecule has 1 N–H and O–H groups in total. The van der Waals surface area contributed by atoms with E-state index in [9.17, 15) is 14.0 Å². The van der Waals surface area contributed by atoms with Crippen LogP contribution in [0.2, 0.25) is 0 Å². The fraction of sp³-hybridized carbons (Fsp3) is 0.292. The third-order valence-electron chi connectivity index (χ3n) is 6.38. The molecular weight excluding hydrogens is 433 g/mol. The van der Waals surface area contributed by atoms with E-state index in [1.807, 2.05) is 6.92 Å². The molecule has 1 fully saturated rings. The molecule has 1 aliphatic rings. The second-order valence-corrected chi connectivity index (χ2v) is 8.39. The van der Waals surface area contributed by atoms with E-state index in [4.69, 9.17) is 0 Å². The van der Waals surface area contributed by atoms with E-state index < -0.39 is 28.5 Å². The number of anilines is 1. The third kappa shape index (κ3) is 3.57. The van der Waals surface area contributed by atoms with Gasteiger partial charge >= 0.3 is 0 Å². The number of amides is 1. The average molecular weight is 456 g/mol. The van der Waals surface area contributed by atoms with Crippen LogP contribution in [0.15, 0.2) is 42.0 Å². The van der Waals surface area contributed by atoms with Crippen molar-refractivity contribution in [2.24, 2.45) is 7.05 Å². The van der Waals surface area contributed by atoms with E-state index in [-0.39, 0.29) is 47.6 Å². The van der Waals surface area contributed by atoms with E-state index >= 15 is 8.78 Å². The maximum atomic E-state index is 15.2. The molecule has 0 radical (unpaired) electrons. The van der Waals surface area contributed by atoms with Crippen molar-refractivity contribution in [1.29, 1.82) is 0 Å². The highest BCUT2D eigenvalue weighted by atomic mass is 19.2. The van der Waals surface area contributed by atoms with Crippen molar-refractivity contribution >= 4 is 22.5 Å². The van der Waals surface area contributed by atoms with Crippen molar-refractivity contribution < 1.29 is 18.0 Å². The summed E-state index contributed by atoms with van der Waals surface area (Å²) >= 11 is 0. The fourth-order valence-electron chi connectivity index (χ4n) is 4.51. The van der Waals surface area contributed by atoms with Crippen LogP contribution in [0.25, 0.3) is 10.9 Å². The molecule has 0 unspecified atom stereocenters. The molecule has 9 heteroatoms. The minimum absolute atomic E-state index is 0.00319. The molecule has 3 aromatic rings. The number of fused-ring (bicyclic) bond motifs is 1. The molecule has 0 saturated carbocycles. The molecular formula is C24H23F3N4O2. The van der Waals surface area contributed by atoms with Gasteiger partial charge in [0, 0.05) is 25.7 Å². The van der Waals surface area contributed by atoms with E-state index in [1.165, 1.54) is 24.1 Å². The molecule has 1 saturated heterocycles. The van der Waals surface area contributed by atoms with Gasteiger partial charge < -0.3 is 14.8 Å². The van der Waals surface area contributed by atoms with Gasteiger partial charge in [-0.2, -0.15) is 0 Å². The molecule has 0 aliphatic carbocycles. The summed E-state index contributed by atoms with van der Waals surface area (Å²) in [4.78, 5) is 30.1. The molecule has 4 rings (SSSR count). The van der Waals surface area contributed by atoms with Crippen molar-refractivity contribution in [3.63, 3.8) is 0 Å². The molecule has 2 aromatic carbocycles. The third-order valence-corrected chi connectivity index (χ3v) is 6.38. The summed E-state index contributed by atoms with van der Waals surface area (Å²) in [6, 6.07) is 4.14. The Labute approximate surface area is 188 Å². The lowest BCUT2D eigenvalue weighted by Crippen LogP contribution is -2.41. The summed E-state index contributed by atoms with van der Waals surface area (Å²) in [5.41, 5.74) is -0.794. The topological polar surface area (TPSA) is 67.2 Å². The van der Waals surface area contributed by atoms with Gasteiger partial charge in [-0.1, -0.05) is 12.6 Å². The number of halogens is 3. The standard InChI is InChI=1S/C24H23F3N4O2/c1-5-18(32)31-9-8-24(11-31,19-14(3)13(2)6-7-16(19)25)29-17-10-15-22(21(27)20(17)26)28-12-30(4)23(15)33/h5-7,10,12,29H,1,8-9,11H2,2-4H3/t24-/m0/s1. The number of rotatable bonds is 4. The number of hydrogen-bond donors (Lipinski definition) is 1. The summed E-state index contributed by atoms with van der Waals surface area (Å²) in [6.07, 6.45) is 2.50. The van der Waals surface area contributed by atoms with Gasteiger partial charge in [0.1, 0.15) is 11.3 Å². The predicted molar refractivity (Wildman–Crippen MR) is 119 cm³/mol. The zero-order valence-corrected chi connectivity index (χ0v) is 18.5. The Kier molecular flexibility index (Phi) is 5.51. The normalized spacial score (nSPS) is 18.1. The molecule has 172 valence electrons. The van der Waals surface area contributed by atoms with Crippen molar-refractivity contribution in [1.82, 2.24) is 14.5 Å². The van der Waals surface area contributed by atoms with Crippen molar-refractivity contribution in [3.8, 4) is 0 Å². The molecule has 0 spiro atoms. The van der Waals surface area contributed by atoms with Crippen molar-refractivity contribution in [2.45, 2.75) is 25.8 Å². The lowest BCUT2D eigenvalue weighted by atomic mass is 9.83. The summed E-state index contributed by atoms with van der Waals surface area (Å²) in [6.45, 7) is 7.32. The van der Waals surface area contributed by atoms with Gasteiger partial charge in [-0.15, -0.1) is 0 Å². The van der Waals surface area contributed by atoms with Gasteiger partial charge in [0.05, 0.1) is 22.9 Å². The Hall–Kier alpha value is -3.62. The first kappa shape index (κ1) is 22.6. The van der Waals surface area contributed by atoms with Crippen LogP contribution in [0.4, 0.5) is 18.9 Å². The summed E-state index contributed by atoms with van der Waals surface area (Å²) in [5.74, 6) is -3.39. The molecule has 0 bridgehead atoms. The Balaban J connectivity index is 1.94. The van der Waals surface area contributed by atoms with E-state index in [0.717, 1.165) is 22.5 Å². The van der Waals surface area contributed by atoms with Gasteiger partial charge in [0.15, 0.2) is 11.6 Å². The Morgan fingerprint density at radius 3 is 2.67 bits per heavy atom. The van der Waals surface area contributed by atoms with Crippen LogP contribution in [0, 0.1) is 31.3 Å². The lowest BCUT2D eigenvalue weighted by molar-refractivity contribution is -0.125. The van der Waals surface area contributed by atoms with Crippen LogP contribution in [-0.4, -0.2) is 33.4 Å². The number of hydrogen-bond acceptors (Lipinski definition) is 4. The number of carbonyl (C=O) groups is 1. The monoisotopic (exact) mass is 456 g/mol. The van der Waals surface area contributed by atoms with E-state index in [2.05, 4.69) is 16.9 Å². The van der Waals surface area contributed by atoms with E-state index in [1.54, 1.807) is 13.0 Å². The van der Waals surface area contributed by atoms with E-state index in [0.29, 0.717) is 5.56 Å². The molecule has 1 atom stereocenters. The Morgan fingerprint density at radius 1 is 1.24 bits per heavy atom. The molecule has 2 heterocycles.